The number of piperazine rings is 1. The Morgan fingerprint density at radius 2 is 2.00 bits per heavy atom. The van der Waals surface area contributed by atoms with E-state index in [4.69, 9.17) is 4.74 Å². The predicted molar refractivity (Wildman–Crippen MR) is 43.9 cm³/mol. The quantitative estimate of drug-likeness (QED) is 0.516. The van der Waals surface area contributed by atoms with Gasteiger partial charge in [-0.05, 0) is 6.42 Å². The largest absolute Gasteiger partial charge is 0.380 e. The molecule has 2 saturated heterocycles. The van der Waals surface area contributed by atoms with Gasteiger partial charge in [-0.2, -0.15) is 0 Å². The van der Waals surface area contributed by atoms with Crippen LogP contribution < -0.4 is 5.32 Å². The van der Waals surface area contributed by atoms with Crippen molar-refractivity contribution in [2.45, 2.75) is 12.5 Å². The number of ether oxygens (including phenoxy) is 1. The lowest BCUT2D eigenvalue weighted by atomic mass is 10.2. The molecule has 2 fully saturated rings. The molecule has 72 valence electrons. The van der Waals surface area contributed by atoms with Gasteiger partial charge in [-0.1, -0.05) is 0 Å². The summed E-state index contributed by atoms with van der Waals surface area (Å²) >= 11 is 0. The Bertz CT molecular complexity index is 220. The molecule has 0 saturated carbocycles. The maximum Gasteiger partial charge on any atom is 0.240 e. The summed E-state index contributed by atoms with van der Waals surface area (Å²) in [5.74, 6) is -0.411. The van der Waals surface area contributed by atoms with Crippen LogP contribution in [-0.4, -0.2) is 49.1 Å². The smallest absolute Gasteiger partial charge is 0.240 e. The molecule has 13 heavy (non-hydrogen) atoms. The third kappa shape index (κ3) is 1.87. The highest BCUT2D eigenvalue weighted by atomic mass is 16.5. The molecule has 5 nitrogen and oxygen atoms in total. The van der Waals surface area contributed by atoms with E-state index < -0.39 is 0 Å². The Labute approximate surface area is 76.0 Å². The van der Waals surface area contributed by atoms with Crippen molar-refractivity contribution < 1.29 is 14.3 Å². The molecule has 2 aliphatic heterocycles. The van der Waals surface area contributed by atoms with Gasteiger partial charge in [-0.3, -0.25) is 19.8 Å². The summed E-state index contributed by atoms with van der Waals surface area (Å²) in [5, 5.41) is 2.27. The molecule has 2 amide bonds. The van der Waals surface area contributed by atoms with E-state index in [2.05, 4.69) is 5.32 Å². The van der Waals surface area contributed by atoms with Gasteiger partial charge in [0.25, 0.3) is 0 Å². The molecule has 0 spiro atoms. The Kier molecular flexibility index (Phi) is 2.28. The van der Waals surface area contributed by atoms with Gasteiger partial charge in [0, 0.05) is 12.6 Å². The number of nitrogens with zero attached hydrogens (tertiary/aromatic N) is 1. The van der Waals surface area contributed by atoms with Crippen molar-refractivity contribution in [1.82, 2.24) is 10.2 Å². The fourth-order valence-corrected chi connectivity index (χ4v) is 1.73. The van der Waals surface area contributed by atoms with Crippen LogP contribution in [0.4, 0.5) is 0 Å². The number of carbonyl (C=O) groups excluding carboxylic acids is 2. The molecule has 0 aromatic carbocycles. The van der Waals surface area contributed by atoms with E-state index in [1.54, 1.807) is 0 Å². The van der Waals surface area contributed by atoms with Gasteiger partial charge >= 0.3 is 0 Å². The average molecular weight is 184 g/mol. The van der Waals surface area contributed by atoms with E-state index in [1.165, 1.54) is 0 Å². The second-order valence-corrected chi connectivity index (χ2v) is 3.39. The minimum Gasteiger partial charge on any atom is -0.380 e. The molecule has 1 unspecified atom stereocenters. The monoisotopic (exact) mass is 184 g/mol. The average Bonchev–Trinajstić information content (AvgIpc) is 2.53. The Balaban J connectivity index is 1.97. The Hall–Kier alpha value is -0.940. The van der Waals surface area contributed by atoms with Gasteiger partial charge in [0.2, 0.25) is 11.8 Å². The van der Waals surface area contributed by atoms with Crippen LogP contribution in [0.2, 0.25) is 0 Å². The van der Waals surface area contributed by atoms with Crippen LogP contribution in [0.25, 0.3) is 0 Å². The summed E-state index contributed by atoms with van der Waals surface area (Å²) < 4.78 is 5.20. The molecule has 0 aliphatic carbocycles. The molecular formula is C8H12N2O3. The topological polar surface area (TPSA) is 58.6 Å². The van der Waals surface area contributed by atoms with Gasteiger partial charge < -0.3 is 4.74 Å². The SMILES string of the molecule is O=C1CN(C2CCOC2)CC(=O)N1. The maximum absolute atomic E-state index is 11.0. The fraction of sp³-hybridized carbons (Fsp3) is 0.750. The predicted octanol–water partition coefficient (Wildman–Crippen LogP) is -1.27. The highest BCUT2D eigenvalue weighted by molar-refractivity contribution is 5.99. The van der Waals surface area contributed by atoms with Crippen molar-refractivity contribution in [2.75, 3.05) is 26.3 Å². The fourth-order valence-electron chi connectivity index (χ4n) is 1.73. The van der Waals surface area contributed by atoms with Crippen LogP contribution in [0.1, 0.15) is 6.42 Å². The first-order chi connectivity index (χ1) is 6.25. The van der Waals surface area contributed by atoms with Gasteiger partial charge in [-0.15, -0.1) is 0 Å². The standard InChI is InChI=1S/C8H12N2O3/c11-7-3-10(4-8(12)9-7)6-1-2-13-5-6/h6H,1-5H2,(H,9,11,12). The minimum absolute atomic E-state index is 0.205. The van der Waals surface area contributed by atoms with E-state index in [1.807, 2.05) is 4.90 Å². The van der Waals surface area contributed by atoms with E-state index in [0.29, 0.717) is 19.7 Å². The van der Waals surface area contributed by atoms with Crippen LogP contribution in [0.15, 0.2) is 0 Å². The van der Waals surface area contributed by atoms with E-state index >= 15 is 0 Å². The normalized spacial score (nSPS) is 30.6. The third-order valence-electron chi connectivity index (χ3n) is 2.39. The number of rotatable bonds is 1. The summed E-state index contributed by atoms with van der Waals surface area (Å²) in [6.45, 7) is 2.01. The molecule has 2 aliphatic rings. The van der Waals surface area contributed by atoms with Gasteiger partial charge in [0.15, 0.2) is 0 Å². The number of amides is 2. The summed E-state index contributed by atoms with van der Waals surface area (Å²) in [6.07, 6.45) is 0.917. The van der Waals surface area contributed by atoms with Crippen LogP contribution >= 0.6 is 0 Å². The molecule has 0 aromatic heterocycles. The Morgan fingerprint density at radius 1 is 1.31 bits per heavy atom. The molecule has 2 heterocycles. The molecule has 0 aromatic rings. The molecule has 2 rings (SSSR count). The third-order valence-corrected chi connectivity index (χ3v) is 2.39. The first-order valence-electron chi connectivity index (χ1n) is 4.40. The number of carbonyl (C=O) groups is 2. The molecule has 0 radical (unpaired) electrons. The lowest BCUT2D eigenvalue weighted by molar-refractivity contribution is -0.137. The molecule has 5 heteroatoms. The first kappa shape index (κ1) is 8.65. The van der Waals surface area contributed by atoms with E-state index in [-0.39, 0.29) is 17.9 Å². The van der Waals surface area contributed by atoms with Crippen molar-refractivity contribution >= 4 is 11.8 Å². The molecular weight excluding hydrogens is 172 g/mol. The van der Waals surface area contributed by atoms with Crippen LogP contribution in [0.3, 0.4) is 0 Å². The number of nitrogens with one attached hydrogen (secondary N) is 1. The highest BCUT2D eigenvalue weighted by Crippen LogP contribution is 2.12. The van der Waals surface area contributed by atoms with Crippen molar-refractivity contribution in [3.05, 3.63) is 0 Å². The van der Waals surface area contributed by atoms with Gasteiger partial charge in [0.1, 0.15) is 0 Å². The summed E-state index contributed by atoms with van der Waals surface area (Å²) in [7, 11) is 0. The summed E-state index contributed by atoms with van der Waals surface area (Å²) in [5.41, 5.74) is 0. The second kappa shape index (κ2) is 3.43. The van der Waals surface area contributed by atoms with E-state index in [0.717, 1.165) is 13.0 Å². The van der Waals surface area contributed by atoms with Crippen molar-refractivity contribution in [2.24, 2.45) is 0 Å². The zero-order chi connectivity index (χ0) is 9.26. The molecule has 1 atom stereocenters. The van der Waals surface area contributed by atoms with Gasteiger partial charge in [0.05, 0.1) is 19.7 Å². The maximum atomic E-state index is 11.0. The lowest BCUT2D eigenvalue weighted by Gasteiger charge is -2.29. The highest BCUT2D eigenvalue weighted by Gasteiger charge is 2.30. The molecule has 1 N–H and O–H groups in total. The second-order valence-electron chi connectivity index (χ2n) is 3.39. The lowest BCUT2D eigenvalue weighted by Crippen LogP contribution is -2.54. The van der Waals surface area contributed by atoms with Crippen molar-refractivity contribution in [3.63, 3.8) is 0 Å². The van der Waals surface area contributed by atoms with Gasteiger partial charge in [-0.25, -0.2) is 0 Å². The zero-order valence-electron chi connectivity index (χ0n) is 7.28. The van der Waals surface area contributed by atoms with Crippen LogP contribution in [0, 0.1) is 0 Å². The van der Waals surface area contributed by atoms with Crippen molar-refractivity contribution in [3.8, 4) is 0 Å². The first-order valence-corrected chi connectivity index (χ1v) is 4.40. The number of imide groups is 1. The number of hydrogen-bond acceptors (Lipinski definition) is 4. The van der Waals surface area contributed by atoms with Crippen LogP contribution in [0.5, 0.6) is 0 Å². The summed E-state index contributed by atoms with van der Waals surface area (Å²) in [4.78, 5) is 23.9. The minimum atomic E-state index is -0.205. The Morgan fingerprint density at radius 3 is 2.54 bits per heavy atom. The van der Waals surface area contributed by atoms with Crippen LogP contribution in [-0.2, 0) is 14.3 Å². The molecule has 0 bridgehead atoms. The zero-order valence-corrected chi connectivity index (χ0v) is 7.28. The van der Waals surface area contributed by atoms with Crippen molar-refractivity contribution in [1.29, 1.82) is 0 Å². The van der Waals surface area contributed by atoms with E-state index in [9.17, 15) is 9.59 Å². The number of hydrogen-bond donors (Lipinski definition) is 1. The summed E-state index contributed by atoms with van der Waals surface area (Å²) in [6, 6.07) is 0.245.